The van der Waals surface area contributed by atoms with Gasteiger partial charge in [-0.2, -0.15) is 0 Å². The largest absolute Gasteiger partial charge is 0.392 e. The van der Waals surface area contributed by atoms with Crippen molar-refractivity contribution >= 4 is 5.91 Å². The summed E-state index contributed by atoms with van der Waals surface area (Å²) in [5, 5.41) is 11.6. The van der Waals surface area contributed by atoms with E-state index in [0.717, 1.165) is 5.56 Å². The summed E-state index contributed by atoms with van der Waals surface area (Å²) in [7, 11) is 0. The fraction of sp³-hybridized carbons (Fsp3) is 0.222. The van der Waals surface area contributed by atoms with Crippen LogP contribution >= 0.6 is 0 Å². The molecule has 0 saturated heterocycles. The van der Waals surface area contributed by atoms with Gasteiger partial charge in [0.25, 0.3) is 5.91 Å². The van der Waals surface area contributed by atoms with Gasteiger partial charge in [-0.1, -0.05) is 18.2 Å². The van der Waals surface area contributed by atoms with E-state index in [2.05, 4.69) is 5.32 Å². The van der Waals surface area contributed by atoms with Gasteiger partial charge < -0.3 is 16.2 Å². The molecule has 1 aromatic carbocycles. The lowest BCUT2D eigenvalue weighted by atomic mass is 10.0. The number of nitrogens with two attached hydrogens (primary N) is 1. The maximum absolute atomic E-state index is 11.4. The molecule has 1 aromatic rings. The van der Waals surface area contributed by atoms with Gasteiger partial charge in [0.05, 0.1) is 12.2 Å². The molecule has 0 radical (unpaired) electrons. The zero-order valence-electron chi connectivity index (χ0n) is 6.95. The highest BCUT2D eigenvalue weighted by atomic mass is 16.3. The predicted octanol–water partition coefficient (Wildman–Crippen LogP) is -0.120. The van der Waals surface area contributed by atoms with Crippen molar-refractivity contribution in [3.05, 3.63) is 34.9 Å². The predicted molar refractivity (Wildman–Crippen MR) is 46.8 cm³/mol. The number of benzene rings is 1. The van der Waals surface area contributed by atoms with Crippen LogP contribution in [0.5, 0.6) is 0 Å². The number of aliphatic hydroxyl groups excluding tert-OH is 1. The van der Waals surface area contributed by atoms with Gasteiger partial charge in [0, 0.05) is 5.56 Å². The molecule has 0 bridgehead atoms. The Morgan fingerprint density at radius 2 is 2.31 bits per heavy atom. The average molecular weight is 178 g/mol. The standard InChI is InChI=1S/C9H10N2O2/c10-8-6-3-1-2-5(4-12)7(6)9(13)11-8/h1-3,8,12H,4,10H2,(H,11,13). The van der Waals surface area contributed by atoms with Crippen LogP contribution in [0.25, 0.3) is 0 Å². The molecule has 1 atom stereocenters. The van der Waals surface area contributed by atoms with E-state index < -0.39 is 6.17 Å². The van der Waals surface area contributed by atoms with Gasteiger partial charge in [-0.25, -0.2) is 0 Å². The van der Waals surface area contributed by atoms with E-state index in [1.807, 2.05) is 0 Å². The Labute approximate surface area is 75.4 Å². The normalized spacial score (nSPS) is 19.8. The molecule has 4 heteroatoms. The molecule has 1 amide bonds. The van der Waals surface area contributed by atoms with Crippen molar-refractivity contribution in [2.45, 2.75) is 12.8 Å². The van der Waals surface area contributed by atoms with Gasteiger partial charge in [0.1, 0.15) is 6.17 Å². The van der Waals surface area contributed by atoms with Crippen LogP contribution in [0.3, 0.4) is 0 Å². The molecule has 1 heterocycles. The highest BCUT2D eigenvalue weighted by Gasteiger charge is 2.27. The smallest absolute Gasteiger partial charge is 0.253 e. The summed E-state index contributed by atoms with van der Waals surface area (Å²) in [5.41, 5.74) is 7.56. The molecule has 0 spiro atoms. The number of aliphatic hydroxyl groups is 1. The number of nitrogens with one attached hydrogen (secondary N) is 1. The van der Waals surface area contributed by atoms with Gasteiger partial charge in [-0.15, -0.1) is 0 Å². The third-order valence-electron chi connectivity index (χ3n) is 2.20. The van der Waals surface area contributed by atoms with Crippen molar-refractivity contribution in [2.75, 3.05) is 0 Å². The quantitative estimate of drug-likeness (QED) is 0.561. The number of carbonyl (C=O) groups excluding carboxylic acids is 1. The van der Waals surface area contributed by atoms with Crippen LogP contribution in [-0.2, 0) is 6.61 Å². The fourth-order valence-corrected chi connectivity index (χ4v) is 1.58. The second kappa shape index (κ2) is 2.83. The summed E-state index contributed by atoms with van der Waals surface area (Å²) in [6.07, 6.45) is -0.436. The molecule has 0 aliphatic carbocycles. The summed E-state index contributed by atoms with van der Waals surface area (Å²) >= 11 is 0. The van der Waals surface area contributed by atoms with Crippen LogP contribution in [0.4, 0.5) is 0 Å². The first-order valence-corrected chi connectivity index (χ1v) is 4.03. The minimum atomic E-state index is -0.436. The molecule has 4 nitrogen and oxygen atoms in total. The van der Waals surface area contributed by atoms with Crippen LogP contribution in [0.1, 0.15) is 27.7 Å². The van der Waals surface area contributed by atoms with Gasteiger partial charge in [-0.3, -0.25) is 4.79 Å². The molecule has 68 valence electrons. The number of hydrogen-bond donors (Lipinski definition) is 3. The molecule has 1 aliphatic rings. The Kier molecular flexibility index (Phi) is 1.79. The molecular formula is C9H10N2O2. The maximum Gasteiger partial charge on any atom is 0.253 e. The minimum absolute atomic E-state index is 0.136. The van der Waals surface area contributed by atoms with E-state index in [9.17, 15) is 4.79 Å². The average Bonchev–Trinajstić information content (AvgIpc) is 2.43. The number of carbonyl (C=O) groups is 1. The van der Waals surface area contributed by atoms with Gasteiger partial charge in [0.15, 0.2) is 0 Å². The van der Waals surface area contributed by atoms with Crippen LogP contribution in [0, 0.1) is 0 Å². The topological polar surface area (TPSA) is 75.3 Å². The molecule has 0 saturated carbocycles. The summed E-state index contributed by atoms with van der Waals surface area (Å²) in [6.45, 7) is -0.136. The van der Waals surface area contributed by atoms with E-state index in [1.54, 1.807) is 18.2 Å². The Balaban J connectivity index is 2.62. The van der Waals surface area contributed by atoms with Crippen molar-refractivity contribution < 1.29 is 9.90 Å². The second-order valence-electron chi connectivity index (χ2n) is 2.99. The number of amides is 1. The first kappa shape index (κ1) is 8.22. The third-order valence-corrected chi connectivity index (χ3v) is 2.20. The highest BCUT2D eigenvalue weighted by molar-refractivity contribution is 6.00. The van der Waals surface area contributed by atoms with Gasteiger partial charge in [0.2, 0.25) is 0 Å². The first-order chi connectivity index (χ1) is 6.24. The van der Waals surface area contributed by atoms with Crippen molar-refractivity contribution in [1.82, 2.24) is 5.32 Å². The van der Waals surface area contributed by atoms with Gasteiger partial charge in [-0.05, 0) is 5.56 Å². The van der Waals surface area contributed by atoms with E-state index in [1.165, 1.54) is 0 Å². The summed E-state index contributed by atoms with van der Waals surface area (Å²) < 4.78 is 0. The Hall–Kier alpha value is -1.39. The van der Waals surface area contributed by atoms with Crippen LogP contribution < -0.4 is 11.1 Å². The van der Waals surface area contributed by atoms with Crippen LogP contribution in [0.15, 0.2) is 18.2 Å². The number of rotatable bonds is 1. The van der Waals surface area contributed by atoms with Crippen LogP contribution in [-0.4, -0.2) is 11.0 Å². The zero-order chi connectivity index (χ0) is 9.42. The number of fused-ring (bicyclic) bond motifs is 1. The maximum atomic E-state index is 11.4. The Morgan fingerprint density at radius 3 is 3.00 bits per heavy atom. The summed E-state index contributed by atoms with van der Waals surface area (Å²) in [6, 6.07) is 5.29. The minimum Gasteiger partial charge on any atom is -0.392 e. The summed E-state index contributed by atoms with van der Waals surface area (Å²) in [4.78, 5) is 11.4. The SMILES string of the molecule is NC1NC(=O)c2c(CO)cccc21. The van der Waals surface area contributed by atoms with E-state index in [0.29, 0.717) is 11.1 Å². The van der Waals surface area contributed by atoms with Crippen molar-refractivity contribution in [1.29, 1.82) is 0 Å². The summed E-state index contributed by atoms with van der Waals surface area (Å²) in [5.74, 6) is -0.202. The molecule has 4 N–H and O–H groups in total. The zero-order valence-corrected chi connectivity index (χ0v) is 6.95. The highest BCUT2D eigenvalue weighted by Crippen LogP contribution is 2.24. The second-order valence-corrected chi connectivity index (χ2v) is 2.99. The molecule has 0 fully saturated rings. The molecule has 13 heavy (non-hydrogen) atoms. The van der Waals surface area contributed by atoms with E-state index in [-0.39, 0.29) is 12.5 Å². The third kappa shape index (κ3) is 1.11. The molecular weight excluding hydrogens is 168 g/mol. The Morgan fingerprint density at radius 1 is 1.54 bits per heavy atom. The molecule has 0 aromatic heterocycles. The lowest BCUT2D eigenvalue weighted by Gasteiger charge is -2.04. The van der Waals surface area contributed by atoms with Gasteiger partial charge >= 0.3 is 0 Å². The lowest BCUT2D eigenvalue weighted by Crippen LogP contribution is -2.25. The van der Waals surface area contributed by atoms with Crippen LogP contribution in [0.2, 0.25) is 0 Å². The number of hydrogen-bond acceptors (Lipinski definition) is 3. The lowest BCUT2D eigenvalue weighted by molar-refractivity contribution is 0.0954. The monoisotopic (exact) mass is 178 g/mol. The van der Waals surface area contributed by atoms with Crippen molar-refractivity contribution in [3.8, 4) is 0 Å². The Bertz CT molecular complexity index is 363. The molecule has 1 aliphatic heterocycles. The first-order valence-electron chi connectivity index (χ1n) is 4.03. The van der Waals surface area contributed by atoms with Crippen molar-refractivity contribution in [3.63, 3.8) is 0 Å². The van der Waals surface area contributed by atoms with E-state index in [4.69, 9.17) is 10.8 Å². The van der Waals surface area contributed by atoms with Crippen molar-refractivity contribution in [2.24, 2.45) is 5.73 Å². The fourth-order valence-electron chi connectivity index (χ4n) is 1.58. The molecule has 1 unspecified atom stereocenters. The molecule has 2 rings (SSSR count). The van der Waals surface area contributed by atoms with E-state index >= 15 is 0 Å².